The van der Waals surface area contributed by atoms with E-state index < -0.39 is 28.8 Å². The highest BCUT2D eigenvalue weighted by Crippen LogP contribution is 2.65. The maximum Gasteiger partial charge on any atom is 0.180 e. The van der Waals surface area contributed by atoms with Gasteiger partial charge in [-0.2, -0.15) is 5.10 Å². The van der Waals surface area contributed by atoms with Crippen molar-refractivity contribution in [2.45, 2.75) is 38.8 Å². The lowest BCUT2D eigenvalue weighted by atomic mass is 9.62. The Balaban J connectivity index is 1.71. The molecule has 0 aromatic heterocycles. The summed E-state index contributed by atoms with van der Waals surface area (Å²) >= 11 is 0. The Bertz CT molecular complexity index is 1530. The van der Waals surface area contributed by atoms with Crippen molar-refractivity contribution >= 4 is 23.6 Å². The van der Waals surface area contributed by atoms with Crippen LogP contribution in [0.15, 0.2) is 71.8 Å². The van der Waals surface area contributed by atoms with Crippen molar-refractivity contribution in [2.24, 2.45) is 15.9 Å². The first-order valence-corrected chi connectivity index (χ1v) is 13.0. The normalized spacial score (nSPS) is 22.5. The van der Waals surface area contributed by atoms with Crippen LogP contribution in [0.4, 0.5) is 0 Å². The standard InChI is InChI=1S/C32H30N2O5/c1-31(2,3)30(37)26-25(18-14-15-23(38-4)24(16-18)39-5)32(28(35)21-12-8-9-13-22(21)29(32)36)27-20-11-7-6-10-19(20)17-33-34(26)27/h6-17,25-27H,1-5H3/t25-,26+,27-/m1/s1. The van der Waals surface area contributed by atoms with Crippen molar-refractivity contribution < 1.29 is 23.9 Å². The van der Waals surface area contributed by atoms with Crippen LogP contribution in [0.3, 0.4) is 0 Å². The van der Waals surface area contributed by atoms with Crippen molar-refractivity contribution in [1.29, 1.82) is 0 Å². The van der Waals surface area contributed by atoms with Crippen LogP contribution < -0.4 is 9.47 Å². The summed E-state index contributed by atoms with van der Waals surface area (Å²) in [7, 11) is 3.09. The number of methoxy groups -OCH3 is 2. The van der Waals surface area contributed by atoms with Gasteiger partial charge < -0.3 is 9.47 Å². The van der Waals surface area contributed by atoms with Crippen LogP contribution in [0.1, 0.15) is 70.1 Å². The molecule has 2 aliphatic heterocycles. The Morgan fingerprint density at radius 2 is 1.49 bits per heavy atom. The SMILES string of the molecule is COc1ccc([C@@H]2[C@@H](C(=O)C(C)(C)C)N3N=Cc4ccccc4[C@@H]3C23C(=O)c2ccccc2C3=O)cc1OC. The van der Waals surface area contributed by atoms with E-state index in [-0.39, 0.29) is 17.3 Å². The van der Waals surface area contributed by atoms with Gasteiger partial charge in [0.15, 0.2) is 28.8 Å². The Hall–Kier alpha value is -4.26. The van der Waals surface area contributed by atoms with Gasteiger partial charge in [0.05, 0.1) is 26.5 Å². The van der Waals surface area contributed by atoms with Gasteiger partial charge in [-0.3, -0.25) is 19.4 Å². The van der Waals surface area contributed by atoms with Crippen molar-refractivity contribution in [3.8, 4) is 11.5 Å². The van der Waals surface area contributed by atoms with E-state index in [0.717, 1.165) is 11.1 Å². The zero-order valence-corrected chi connectivity index (χ0v) is 22.6. The van der Waals surface area contributed by atoms with Crippen LogP contribution in [0.25, 0.3) is 0 Å². The first-order chi connectivity index (χ1) is 18.7. The minimum atomic E-state index is -1.61. The Kier molecular flexibility index (Phi) is 5.54. The van der Waals surface area contributed by atoms with Crippen LogP contribution >= 0.6 is 0 Å². The van der Waals surface area contributed by atoms with Crippen LogP contribution in [0.2, 0.25) is 0 Å². The van der Waals surface area contributed by atoms with Crippen LogP contribution in [-0.4, -0.2) is 48.8 Å². The second-order valence-electron chi connectivity index (χ2n) is 11.4. The molecule has 7 heteroatoms. The fourth-order valence-corrected chi connectivity index (χ4v) is 6.64. The minimum absolute atomic E-state index is 0.0998. The summed E-state index contributed by atoms with van der Waals surface area (Å²) in [6.45, 7) is 5.57. The highest BCUT2D eigenvalue weighted by Gasteiger charge is 2.73. The maximum absolute atomic E-state index is 14.7. The third-order valence-electron chi connectivity index (χ3n) is 8.35. The number of hydrazone groups is 1. The molecule has 0 unspecified atom stereocenters. The molecule has 1 saturated heterocycles. The van der Waals surface area contributed by atoms with E-state index in [1.54, 1.807) is 54.7 Å². The van der Waals surface area contributed by atoms with Crippen molar-refractivity contribution in [3.63, 3.8) is 0 Å². The van der Waals surface area contributed by atoms with Gasteiger partial charge in [-0.05, 0) is 28.8 Å². The number of ether oxygens (including phenoxy) is 2. The molecule has 198 valence electrons. The number of carbonyl (C=O) groups excluding carboxylic acids is 3. The molecular weight excluding hydrogens is 492 g/mol. The third kappa shape index (κ3) is 3.28. The molecule has 39 heavy (non-hydrogen) atoms. The van der Waals surface area contributed by atoms with E-state index in [1.807, 2.05) is 51.1 Å². The molecular formula is C32H30N2O5. The van der Waals surface area contributed by atoms with E-state index in [1.165, 1.54) is 7.11 Å². The number of carbonyl (C=O) groups is 3. The van der Waals surface area contributed by atoms with Crippen molar-refractivity contribution in [3.05, 3.63) is 94.5 Å². The largest absolute Gasteiger partial charge is 0.493 e. The smallest absolute Gasteiger partial charge is 0.180 e. The predicted molar refractivity (Wildman–Crippen MR) is 147 cm³/mol. The fourth-order valence-electron chi connectivity index (χ4n) is 6.64. The fraction of sp³-hybridized carbons (Fsp3) is 0.312. The van der Waals surface area contributed by atoms with Gasteiger partial charge in [-0.15, -0.1) is 0 Å². The third-order valence-corrected chi connectivity index (χ3v) is 8.35. The van der Waals surface area contributed by atoms with Gasteiger partial charge in [0, 0.05) is 22.5 Å². The molecule has 7 nitrogen and oxygen atoms in total. The number of hydrogen-bond acceptors (Lipinski definition) is 7. The summed E-state index contributed by atoms with van der Waals surface area (Å²) in [5.41, 5.74) is 0.656. The van der Waals surface area contributed by atoms with Gasteiger partial charge >= 0.3 is 0 Å². The summed E-state index contributed by atoms with van der Waals surface area (Å²) in [6.07, 6.45) is 1.72. The van der Waals surface area contributed by atoms with Crippen molar-refractivity contribution in [1.82, 2.24) is 5.01 Å². The average Bonchev–Trinajstić information content (AvgIpc) is 3.37. The molecule has 1 spiro atoms. The molecule has 1 fully saturated rings. The monoisotopic (exact) mass is 522 g/mol. The Labute approximate surface area is 227 Å². The van der Waals surface area contributed by atoms with Crippen LogP contribution in [0, 0.1) is 10.8 Å². The summed E-state index contributed by atoms with van der Waals surface area (Å²) in [5, 5.41) is 6.50. The quantitative estimate of drug-likeness (QED) is 0.436. The first-order valence-electron chi connectivity index (χ1n) is 13.0. The minimum Gasteiger partial charge on any atom is -0.493 e. The number of hydrogen-bond donors (Lipinski definition) is 0. The highest BCUT2D eigenvalue weighted by molar-refractivity contribution is 6.31. The molecule has 3 aliphatic rings. The van der Waals surface area contributed by atoms with Crippen molar-refractivity contribution in [2.75, 3.05) is 14.2 Å². The topological polar surface area (TPSA) is 85.3 Å². The van der Waals surface area contributed by atoms with Gasteiger partial charge in [0.2, 0.25) is 0 Å². The number of Topliss-reactive ketones (excluding diaryl/α,β-unsaturated/α-hetero) is 3. The molecule has 0 radical (unpaired) electrons. The molecule has 3 aromatic rings. The van der Waals surface area contributed by atoms with E-state index in [4.69, 9.17) is 14.6 Å². The van der Waals surface area contributed by atoms with E-state index in [2.05, 4.69) is 0 Å². The summed E-state index contributed by atoms with van der Waals surface area (Å²) < 4.78 is 11.1. The molecule has 0 N–H and O–H groups in total. The first kappa shape index (κ1) is 25.0. The molecule has 0 amide bonds. The lowest BCUT2D eigenvalue weighted by molar-refractivity contribution is -0.131. The number of nitrogens with zero attached hydrogens (tertiary/aromatic N) is 2. The average molecular weight is 523 g/mol. The lowest BCUT2D eigenvalue weighted by Crippen LogP contribution is -2.45. The molecule has 0 saturated carbocycles. The zero-order chi connectivity index (χ0) is 27.7. The molecule has 0 bridgehead atoms. The van der Waals surface area contributed by atoms with Gasteiger partial charge in [0.1, 0.15) is 11.5 Å². The van der Waals surface area contributed by atoms with Gasteiger partial charge in [-0.1, -0.05) is 75.4 Å². The molecule has 3 aromatic carbocycles. The van der Waals surface area contributed by atoms with Crippen LogP contribution in [-0.2, 0) is 4.79 Å². The number of rotatable bonds is 4. The zero-order valence-electron chi connectivity index (χ0n) is 22.6. The van der Waals surface area contributed by atoms with Gasteiger partial charge in [0.25, 0.3) is 0 Å². The highest BCUT2D eigenvalue weighted by atomic mass is 16.5. The second-order valence-corrected chi connectivity index (χ2v) is 11.4. The predicted octanol–water partition coefficient (Wildman–Crippen LogP) is 5.24. The maximum atomic E-state index is 14.7. The summed E-state index contributed by atoms with van der Waals surface area (Å²) in [4.78, 5) is 43.7. The molecule has 3 atom stereocenters. The van der Waals surface area contributed by atoms with Gasteiger partial charge in [-0.25, -0.2) is 0 Å². The summed E-state index contributed by atoms with van der Waals surface area (Å²) in [5.74, 6) is -0.526. The number of benzene rings is 3. The molecule has 6 rings (SSSR count). The van der Waals surface area contributed by atoms with E-state index in [9.17, 15) is 14.4 Å². The van der Waals surface area contributed by atoms with Crippen LogP contribution in [0.5, 0.6) is 11.5 Å². The second kappa shape index (κ2) is 8.63. The number of fused-ring (bicyclic) bond motifs is 5. The van der Waals surface area contributed by atoms with E-state index in [0.29, 0.717) is 28.2 Å². The van der Waals surface area contributed by atoms with E-state index >= 15 is 0 Å². The molecule has 1 aliphatic carbocycles. The lowest BCUT2D eigenvalue weighted by Gasteiger charge is -2.36. The Morgan fingerprint density at radius 1 is 0.872 bits per heavy atom. The summed E-state index contributed by atoms with van der Waals surface area (Å²) in [6, 6.07) is 18.3. The number of ketones is 3. The Morgan fingerprint density at radius 3 is 2.10 bits per heavy atom. The molecule has 2 heterocycles.